The molecule has 0 saturated heterocycles. The molecule has 2 aromatic carbocycles. The molecule has 0 aliphatic rings. The summed E-state index contributed by atoms with van der Waals surface area (Å²) >= 11 is 1.76. The Morgan fingerprint density at radius 2 is 1.64 bits per heavy atom. The van der Waals surface area contributed by atoms with Crippen molar-refractivity contribution in [1.82, 2.24) is 5.32 Å². The predicted octanol–water partition coefficient (Wildman–Crippen LogP) is 4.16. The fourth-order valence-corrected chi connectivity index (χ4v) is 3.38. The topological polar surface area (TPSA) is 39.7 Å². The second-order valence-corrected chi connectivity index (χ2v) is 6.83. The van der Waals surface area contributed by atoms with E-state index in [0.717, 1.165) is 53.0 Å². The molecule has 0 saturated carbocycles. The Hall–Kier alpha value is -1.85. The molecule has 0 unspecified atom stereocenters. The van der Waals surface area contributed by atoms with E-state index < -0.39 is 0 Å². The minimum absolute atomic E-state index is 0.827. The Kier molecular flexibility index (Phi) is 7.95. The molecule has 0 spiro atoms. The van der Waals surface area contributed by atoms with E-state index in [9.17, 15) is 0 Å². The average molecular weight is 362 g/mol. The van der Waals surface area contributed by atoms with Crippen LogP contribution in [0, 0.1) is 0 Å². The van der Waals surface area contributed by atoms with E-state index in [2.05, 4.69) is 36.5 Å². The first kappa shape index (κ1) is 19.5. The van der Waals surface area contributed by atoms with Crippen LogP contribution in [-0.4, -0.2) is 33.6 Å². The Morgan fingerprint density at radius 1 is 0.920 bits per heavy atom. The summed E-state index contributed by atoms with van der Waals surface area (Å²) in [6, 6.07) is 12.3. The number of thioether (sulfide) groups is 1. The molecule has 0 atom stereocenters. The minimum atomic E-state index is 0.827. The van der Waals surface area contributed by atoms with Crippen LogP contribution in [0.25, 0.3) is 0 Å². The van der Waals surface area contributed by atoms with Crippen molar-refractivity contribution in [2.45, 2.75) is 24.8 Å². The first-order valence-electron chi connectivity index (χ1n) is 8.43. The zero-order valence-electron chi connectivity index (χ0n) is 15.4. The van der Waals surface area contributed by atoms with E-state index >= 15 is 0 Å². The lowest BCUT2D eigenvalue weighted by atomic mass is 10.1. The summed E-state index contributed by atoms with van der Waals surface area (Å²) in [5.74, 6) is 3.72. The molecule has 0 heterocycles. The van der Waals surface area contributed by atoms with Crippen molar-refractivity contribution in [1.29, 1.82) is 0 Å². The Bertz CT molecular complexity index is 659. The van der Waals surface area contributed by atoms with Gasteiger partial charge in [-0.05, 0) is 54.1 Å². The van der Waals surface area contributed by atoms with Crippen molar-refractivity contribution in [3.63, 3.8) is 0 Å². The van der Waals surface area contributed by atoms with Gasteiger partial charge >= 0.3 is 0 Å². The van der Waals surface area contributed by atoms with Gasteiger partial charge in [0, 0.05) is 6.54 Å². The summed E-state index contributed by atoms with van der Waals surface area (Å²) in [6.45, 7) is 3.83. The van der Waals surface area contributed by atoms with Crippen LogP contribution in [0.5, 0.6) is 17.2 Å². The Balaban J connectivity index is 1.94. The third-order valence-corrected chi connectivity index (χ3v) is 4.84. The second kappa shape index (κ2) is 10.2. The van der Waals surface area contributed by atoms with Crippen molar-refractivity contribution in [2.24, 2.45) is 0 Å². The third-order valence-electron chi connectivity index (χ3n) is 3.93. The fraction of sp³-hybridized carbons (Fsp3) is 0.400. The van der Waals surface area contributed by atoms with Gasteiger partial charge in [0.1, 0.15) is 17.2 Å². The highest BCUT2D eigenvalue weighted by Crippen LogP contribution is 2.35. The first-order valence-corrected chi connectivity index (χ1v) is 9.41. The molecule has 25 heavy (non-hydrogen) atoms. The Morgan fingerprint density at radius 3 is 2.24 bits per heavy atom. The standard InChI is InChI=1S/C20H27NO3S/c1-5-25-20-13-18(23-3)16(12-19(20)24-4)10-11-21-14-15-6-8-17(22-2)9-7-15/h6-9,12-13,21H,5,10-11,14H2,1-4H3. The summed E-state index contributed by atoms with van der Waals surface area (Å²) in [7, 11) is 5.11. The lowest BCUT2D eigenvalue weighted by molar-refractivity contribution is 0.390. The lowest BCUT2D eigenvalue weighted by Crippen LogP contribution is -2.17. The summed E-state index contributed by atoms with van der Waals surface area (Å²) in [4.78, 5) is 1.12. The lowest BCUT2D eigenvalue weighted by Gasteiger charge is -2.14. The molecular weight excluding hydrogens is 334 g/mol. The number of rotatable bonds is 10. The average Bonchev–Trinajstić information content (AvgIpc) is 2.66. The van der Waals surface area contributed by atoms with Crippen LogP contribution >= 0.6 is 11.8 Å². The SMILES string of the molecule is CCSc1cc(OC)c(CCNCc2ccc(OC)cc2)cc1OC. The van der Waals surface area contributed by atoms with Crippen LogP contribution in [0.2, 0.25) is 0 Å². The van der Waals surface area contributed by atoms with Crippen molar-refractivity contribution in [3.05, 3.63) is 47.5 Å². The molecule has 0 fully saturated rings. The first-order chi connectivity index (χ1) is 12.2. The number of methoxy groups -OCH3 is 3. The highest BCUT2D eigenvalue weighted by molar-refractivity contribution is 7.99. The predicted molar refractivity (Wildman–Crippen MR) is 104 cm³/mol. The molecular formula is C20H27NO3S. The van der Waals surface area contributed by atoms with Crippen LogP contribution in [-0.2, 0) is 13.0 Å². The zero-order chi connectivity index (χ0) is 18.1. The molecule has 136 valence electrons. The van der Waals surface area contributed by atoms with E-state index in [1.54, 1.807) is 33.1 Å². The van der Waals surface area contributed by atoms with Gasteiger partial charge in [-0.25, -0.2) is 0 Å². The van der Waals surface area contributed by atoms with Crippen LogP contribution in [0.1, 0.15) is 18.1 Å². The largest absolute Gasteiger partial charge is 0.497 e. The molecule has 0 bridgehead atoms. The van der Waals surface area contributed by atoms with Gasteiger partial charge in [0.15, 0.2) is 0 Å². The van der Waals surface area contributed by atoms with Crippen LogP contribution in [0.15, 0.2) is 41.3 Å². The van der Waals surface area contributed by atoms with E-state index in [4.69, 9.17) is 14.2 Å². The maximum absolute atomic E-state index is 5.56. The van der Waals surface area contributed by atoms with Crippen molar-refractivity contribution >= 4 is 11.8 Å². The van der Waals surface area contributed by atoms with E-state index in [0.29, 0.717) is 0 Å². The minimum Gasteiger partial charge on any atom is -0.497 e. The molecule has 2 rings (SSSR count). The number of ether oxygens (including phenoxy) is 3. The summed E-state index contributed by atoms with van der Waals surface area (Å²) < 4.78 is 16.3. The van der Waals surface area contributed by atoms with Gasteiger partial charge in [-0.2, -0.15) is 0 Å². The van der Waals surface area contributed by atoms with Crippen LogP contribution in [0.3, 0.4) is 0 Å². The molecule has 0 radical (unpaired) electrons. The summed E-state index contributed by atoms with van der Waals surface area (Å²) in [5.41, 5.74) is 2.39. The summed E-state index contributed by atoms with van der Waals surface area (Å²) in [6.07, 6.45) is 0.882. The summed E-state index contributed by atoms with van der Waals surface area (Å²) in [5, 5.41) is 3.47. The molecule has 0 aliphatic heterocycles. The zero-order valence-corrected chi connectivity index (χ0v) is 16.2. The molecule has 0 amide bonds. The molecule has 5 heteroatoms. The monoisotopic (exact) mass is 361 g/mol. The van der Waals surface area contributed by atoms with Gasteiger partial charge in [0.25, 0.3) is 0 Å². The third kappa shape index (κ3) is 5.58. The number of hydrogen-bond donors (Lipinski definition) is 1. The van der Waals surface area contributed by atoms with Crippen LogP contribution < -0.4 is 19.5 Å². The normalized spacial score (nSPS) is 10.6. The van der Waals surface area contributed by atoms with Crippen molar-refractivity contribution in [3.8, 4) is 17.2 Å². The quantitative estimate of drug-likeness (QED) is 0.508. The molecule has 0 aromatic heterocycles. The molecule has 2 aromatic rings. The van der Waals surface area contributed by atoms with Crippen molar-refractivity contribution < 1.29 is 14.2 Å². The smallest absolute Gasteiger partial charge is 0.132 e. The maximum Gasteiger partial charge on any atom is 0.132 e. The van der Waals surface area contributed by atoms with Gasteiger partial charge in [-0.3, -0.25) is 0 Å². The van der Waals surface area contributed by atoms with Gasteiger partial charge in [0.2, 0.25) is 0 Å². The molecule has 1 N–H and O–H groups in total. The van der Waals surface area contributed by atoms with E-state index in [1.165, 1.54) is 5.56 Å². The number of benzene rings is 2. The second-order valence-electron chi connectivity index (χ2n) is 5.52. The maximum atomic E-state index is 5.56. The van der Waals surface area contributed by atoms with E-state index in [1.807, 2.05) is 12.1 Å². The van der Waals surface area contributed by atoms with Gasteiger partial charge in [-0.15, -0.1) is 11.8 Å². The highest BCUT2D eigenvalue weighted by Gasteiger charge is 2.11. The number of hydrogen-bond acceptors (Lipinski definition) is 5. The fourth-order valence-electron chi connectivity index (χ4n) is 2.60. The van der Waals surface area contributed by atoms with Crippen molar-refractivity contribution in [2.75, 3.05) is 33.6 Å². The number of nitrogens with one attached hydrogen (secondary N) is 1. The van der Waals surface area contributed by atoms with Gasteiger partial charge in [-0.1, -0.05) is 19.1 Å². The van der Waals surface area contributed by atoms with Crippen LogP contribution in [0.4, 0.5) is 0 Å². The van der Waals surface area contributed by atoms with Gasteiger partial charge in [0.05, 0.1) is 26.2 Å². The molecule has 4 nitrogen and oxygen atoms in total. The van der Waals surface area contributed by atoms with Gasteiger partial charge < -0.3 is 19.5 Å². The van der Waals surface area contributed by atoms with E-state index in [-0.39, 0.29) is 0 Å². The highest BCUT2D eigenvalue weighted by atomic mass is 32.2. The Labute approximate surface area is 154 Å². The molecule has 0 aliphatic carbocycles.